The summed E-state index contributed by atoms with van der Waals surface area (Å²) in [6, 6.07) is 1.95. The van der Waals surface area contributed by atoms with E-state index in [1.807, 2.05) is 0 Å². The summed E-state index contributed by atoms with van der Waals surface area (Å²) in [6.45, 7) is 3.04. The minimum Gasteiger partial charge on any atom is -0.340 e. The van der Waals surface area contributed by atoms with Gasteiger partial charge in [0.15, 0.2) is 5.82 Å². The average Bonchev–Trinajstić information content (AvgIpc) is 3.16. The molecular formula is C16H17F3N4O2. The highest BCUT2D eigenvalue weighted by molar-refractivity contribution is 5.95. The van der Waals surface area contributed by atoms with Gasteiger partial charge in [-0.3, -0.25) is 4.79 Å². The molecule has 0 atom stereocenters. The Bertz CT molecular complexity index is 795. The molecule has 0 aliphatic heterocycles. The first kappa shape index (κ1) is 17.4. The number of hydrogen-bond acceptors (Lipinski definition) is 5. The van der Waals surface area contributed by atoms with Crippen LogP contribution < -0.4 is 5.32 Å². The summed E-state index contributed by atoms with van der Waals surface area (Å²) in [7, 11) is 0. The van der Waals surface area contributed by atoms with Gasteiger partial charge < -0.3 is 9.84 Å². The van der Waals surface area contributed by atoms with Crippen LogP contribution in [-0.2, 0) is 11.7 Å². The zero-order chi connectivity index (χ0) is 18.2. The van der Waals surface area contributed by atoms with Gasteiger partial charge in [-0.05, 0) is 31.9 Å². The Morgan fingerprint density at radius 2 is 1.88 bits per heavy atom. The van der Waals surface area contributed by atoms with Crippen LogP contribution in [0.5, 0.6) is 0 Å². The molecule has 1 aliphatic carbocycles. The van der Waals surface area contributed by atoms with Crippen molar-refractivity contribution in [1.82, 2.24) is 20.4 Å². The highest BCUT2D eigenvalue weighted by atomic mass is 19.4. The molecule has 134 valence electrons. The van der Waals surface area contributed by atoms with E-state index in [9.17, 15) is 18.0 Å². The fraction of sp³-hybridized carbons (Fsp3) is 0.500. The molecule has 25 heavy (non-hydrogen) atoms. The summed E-state index contributed by atoms with van der Waals surface area (Å²) in [6.07, 6.45) is -1.49. The zero-order valence-electron chi connectivity index (χ0n) is 13.8. The van der Waals surface area contributed by atoms with Gasteiger partial charge >= 0.3 is 6.18 Å². The first-order valence-corrected chi connectivity index (χ1v) is 7.89. The number of alkyl halides is 3. The van der Waals surface area contributed by atoms with E-state index in [2.05, 4.69) is 20.4 Å². The molecule has 2 aromatic heterocycles. The van der Waals surface area contributed by atoms with Gasteiger partial charge in [0.25, 0.3) is 5.91 Å². The van der Waals surface area contributed by atoms with Gasteiger partial charge in [0.2, 0.25) is 5.89 Å². The molecule has 1 N–H and O–H groups in total. The van der Waals surface area contributed by atoms with Crippen molar-refractivity contribution in [2.75, 3.05) is 0 Å². The number of nitrogens with one attached hydrogen (secondary N) is 1. The first-order chi connectivity index (χ1) is 11.7. The van der Waals surface area contributed by atoms with Crippen LogP contribution in [0.2, 0.25) is 0 Å². The number of aryl methyl sites for hydroxylation is 2. The third kappa shape index (κ3) is 3.35. The normalized spacial score (nSPS) is 16.8. The highest BCUT2D eigenvalue weighted by Crippen LogP contribution is 2.37. The van der Waals surface area contributed by atoms with Crippen LogP contribution in [0, 0.1) is 13.8 Å². The summed E-state index contributed by atoms with van der Waals surface area (Å²) in [5, 5.41) is 6.81. The van der Waals surface area contributed by atoms with Gasteiger partial charge in [-0.2, -0.15) is 18.2 Å². The molecule has 9 heteroatoms. The lowest BCUT2D eigenvalue weighted by molar-refractivity contribution is -0.141. The number of nitrogens with zero attached hydrogens (tertiary/aromatic N) is 3. The van der Waals surface area contributed by atoms with E-state index in [0.717, 1.165) is 25.0 Å². The Morgan fingerprint density at radius 1 is 1.20 bits per heavy atom. The first-order valence-electron chi connectivity index (χ1n) is 7.89. The lowest BCUT2D eigenvalue weighted by atomic mass is 9.95. The Kier molecular flexibility index (Phi) is 4.26. The number of carbonyl (C=O) groups is 1. The molecular weight excluding hydrogens is 337 g/mol. The monoisotopic (exact) mass is 354 g/mol. The third-order valence-corrected chi connectivity index (χ3v) is 4.39. The molecule has 0 radical (unpaired) electrons. The second-order valence-electron chi connectivity index (χ2n) is 6.21. The fourth-order valence-corrected chi connectivity index (χ4v) is 3.12. The molecule has 0 aromatic carbocycles. The summed E-state index contributed by atoms with van der Waals surface area (Å²) >= 11 is 0. The van der Waals surface area contributed by atoms with Gasteiger partial charge in [0, 0.05) is 6.92 Å². The number of carbonyl (C=O) groups excluding carboxylic acids is 1. The van der Waals surface area contributed by atoms with E-state index in [4.69, 9.17) is 4.52 Å². The van der Waals surface area contributed by atoms with Crippen LogP contribution in [0.3, 0.4) is 0 Å². The van der Waals surface area contributed by atoms with E-state index < -0.39 is 23.3 Å². The molecule has 1 amide bonds. The van der Waals surface area contributed by atoms with E-state index in [1.165, 1.54) is 6.92 Å². The van der Waals surface area contributed by atoms with Crippen LogP contribution in [0.25, 0.3) is 0 Å². The predicted molar refractivity (Wildman–Crippen MR) is 80.6 cm³/mol. The highest BCUT2D eigenvalue weighted by Gasteiger charge is 2.42. The molecule has 2 aromatic rings. The molecule has 3 rings (SSSR count). The lowest BCUT2D eigenvalue weighted by Gasteiger charge is -2.27. The Balaban J connectivity index is 1.88. The van der Waals surface area contributed by atoms with Crippen LogP contribution in [-0.4, -0.2) is 21.0 Å². The van der Waals surface area contributed by atoms with Gasteiger partial charge in [-0.25, -0.2) is 4.98 Å². The van der Waals surface area contributed by atoms with E-state index in [1.54, 1.807) is 6.92 Å². The summed E-state index contributed by atoms with van der Waals surface area (Å²) in [5.74, 6) is 0.291. The van der Waals surface area contributed by atoms with Crippen molar-refractivity contribution in [3.05, 3.63) is 40.8 Å². The number of hydrogen-bond donors (Lipinski definition) is 1. The van der Waals surface area contributed by atoms with Crippen LogP contribution in [0.4, 0.5) is 13.2 Å². The molecule has 0 saturated heterocycles. The average molecular weight is 354 g/mol. The minimum absolute atomic E-state index is 0.0183. The van der Waals surface area contributed by atoms with E-state index >= 15 is 0 Å². The topological polar surface area (TPSA) is 80.9 Å². The number of aromatic nitrogens is 3. The van der Waals surface area contributed by atoms with Gasteiger partial charge in [-0.15, -0.1) is 0 Å². The Hall–Kier alpha value is -2.45. The van der Waals surface area contributed by atoms with Crippen molar-refractivity contribution in [2.24, 2.45) is 0 Å². The molecule has 1 aliphatic rings. The number of amides is 1. The summed E-state index contributed by atoms with van der Waals surface area (Å²) in [5.41, 5.74) is -1.67. The number of rotatable bonds is 3. The number of pyridine rings is 1. The fourth-order valence-electron chi connectivity index (χ4n) is 3.12. The van der Waals surface area contributed by atoms with Crippen molar-refractivity contribution in [1.29, 1.82) is 0 Å². The SMILES string of the molecule is Cc1nc(C2(NC(=O)c3ccc(C(F)(F)F)nc3C)CCCC2)no1. The van der Waals surface area contributed by atoms with Gasteiger partial charge in [0.1, 0.15) is 11.2 Å². The molecule has 2 heterocycles. The molecule has 0 spiro atoms. The summed E-state index contributed by atoms with van der Waals surface area (Å²) in [4.78, 5) is 20.4. The standard InChI is InChI=1S/C16H17F3N4O2/c1-9-11(5-6-12(20-9)16(17,18)19)13(24)22-15(7-3-4-8-15)14-21-10(2)25-23-14/h5-6H,3-4,7-8H2,1-2H3,(H,22,24). The zero-order valence-corrected chi connectivity index (χ0v) is 13.8. The number of halogens is 3. The maximum atomic E-state index is 12.7. The van der Waals surface area contributed by atoms with E-state index in [0.29, 0.717) is 24.6 Å². The van der Waals surface area contributed by atoms with Crippen molar-refractivity contribution in [2.45, 2.75) is 51.2 Å². The Morgan fingerprint density at radius 3 is 2.40 bits per heavy atom. The molecule has 6 nitrogen and oxygen atoms in total. The van der Waals surface area contributed by atoms with Crippen molar-refractivity contribution in [3.63, 3.8) is 0 Å². The Labute approximate surface area is 141 Å². The van der Waals surface area contributed by atoms with Gasteiger partial charge in [0.05, 0.1) is 11.3 Å². The second-order valence-corrected chi connectivity index (χ2v) is 6.21. The minimum atomic E-state index is -4.55. The van der Waals surface area contributed by atoms with Crippen LogP contribution >= 0.6 is 0 Å². The second kappa shape index (κ2) is 6.12. The molecule has 0 unspecified atom stereocenters. The van der Waals surface area contributed by atoms with E-state index in [-0.39, 0.29) is 11.3 Å². The van der Waals surface area contributed by atoms with Crippen LogP contribution in [0.15, 0.2) is 16.7 Å². The quantitative estimate of drug-likeness (QED) is 0.915. The molecule has 1 saturated carbocycles. The summed E-state index contributed by atoms with van der Waals surface area (Å²) < 4.78 is 43.2. The van der Waals surface area contributed by atoms with Gasteiger partial charge in [-0.1, -0.05) is 18.0 Å². The largest absolute Gasteiger partial charge is 0.433 e. The maximum Gasteiger partial charge on any atom is 0.433 e. The predicted octanol–water partition coefficient (Wildman–Crippen LogP) is 3.30. The van der Waals surface area contributed by atoms with Crippen LogP contribution in [0.1, 0.15) is 59.1 Å². The smallest absolute Gasteiger partial charge is 0.340 e. The molecule has 1 fully saturated rings. The van der Waals surface area contributed by atoms with Crippen molar-refractivity contribution >= 4 is 5.91 Å². The van der Waals surface area contributed by atoms with Crippen molar-refractivity contribution in [3.8, 4) is 0 Å². The maximum absolute atomic E-state index is 12.7. The van der Waals surface area contributed by atoms with Crippen molar-refractivity contribution < 1.29 is 22.5 Å². The molecule has 0 bridgehead atoms. The lowest BCUT2D eigenvalue weighted by Crippen LogP contribution is -2.45. The third-order valence-electron chi connectivity index (χ3n) is 4.39.